The second-order valence-corrected chi connectivity index (χ2v) is 6.85. The zero-order chi connectivity index (χ0) is 17.5. The fraction of sp³-hybridized carbons (Fsp3) is 0.176. The molecule has 4 nitrogen and oxygen atoms in total. The highest BCUT2D eigenvalue weighted by molar-refractivity contribution is 9.10. The molecular weight excluding hydrogens is 397 g/mol. The number of anilines is 1. The van der Waals surface area contributed by atoms with Crippen LogP contribution in [0, 0.1) is 12.7 Å². The zero-order valence-electron chi connectivity index (χ0n) is 12.8. The third kappa shape index (κ3) is 5.98. The van der Waals surface area contributed by atoms with Crippen LogP contribution in [0.1, 0.15) is 5.56 Å². The molecule has 0 aliphatic carbocycles. The molecule has 7 heteroatoms. The van der Waals surface area contributed by atoms with Crippen LogP contribution < -0.4 is 5.32 Å². The molecule has 1 amide bonds. The van der Waals surface area contributed by atoms with Gasteiger partial charge in [-0.25, -0.2) is 4.39 Å². The number of carbonyl (C=O) groups is 2. The van der Waals surface area contributed by atoms with Crippen LogP contribution in [0.25, 0.3) is 0 Å². The Hall–Kier alpha value is -1.86. The lowest BCUT2D eigenvalue weighted by atomic mass is 10.2. The van der Waals surface area contributed by atoms with E-state index in [2.05, 4.69) is 21.2 Å². The van der Waals surface area contributed by atoms with Gasteiger partial charge in [0.25, 0.3) is 5.91 Å². The first kappa shape index (κ1) is 18.5. The fourth-order valence-corrected chi connectivity index (χ4v) is 3.15. The third-order valence-corrected chi connectivity index (χ3v) is 4.60. The maximum Gasteiger partial charge on any atom is 0.316 e. The van der Waals surface area contributed by atoms with Crippen LogP contribution in [0.4, 0.5) is 10.1 Å². The first-order valence-corrected chi connectivity index (χ1v) is 8.82. The van der Waals surface area contributed by atoms with Crippen LogP contribution in [0.15, 0.2) is 51.8 Å². The van der Waals surface area contributed by atoms with E-state index in [0.717, 1.165) is 14.9 Å². The van der Waals surface area contributed by atoms with E-state index in [9.17, 15) is 14.0 Å². The van der Waals surface area contributed by atoms with Crippen molar-refractivity contribution in [3.63, 3.8) is 0 Å². The fourth-order valence-electron chi connectivity index (χ4n) is 1.86. The summed E-state index contributed by atoms with van der Waals surface area (Å²) in [6.07, 6.45) is 0. The molecule has 0 fully saturated rings. The Bertz CT molecular complexity index is 754. The van der Waals surface area contributed by atoms with Crippen molar-refractivity contribution in [1.82, 2.24) is 0 Å². The average Bonchev–Trinajstić information content (AvgIpc) is 2.52. The molecule has 24 heavy (non-hydrogen) atoms. The lowest BCUT2D eigenvalue weighted by Crippen LogP contribution is -2.21. The van der Waals surface area contributed by atoms with Gasteiger partial charge in [-0.05, 0) is 48.9 Å². The number of rotatable bonds is 6. The lowest BCUT2D eigenvalue weighted by Gasteiger charge is -2.08. The minimum absolute atomic E-state index is 0.107. The molecule has 0 unspecified atom stereocenters. The Kier molecular flexibility index (Phi) is 6.81. The van der Waals surface area contributed by atoms with Gasteiger partial charge in [-0.2, -0.15) is 0 Å². The molecule has 2 rings (SSSR count). The first-order chi connectivity index (χ1) is 11.4. The lowest BCUT2D eigenvalue weighted by molar-refractivity contribution is -0.144. The number of nitrogens with one attached hydrogen (secondary N) is 1. The van der Waals surface area contributed by atoms with Crippen molar-refractivity contribution in [1.29, 1.82) is 0 Å². The summed E-state index contributed by atoms with van der Waals surface area (Å²) in [7, 11) is 0. The van der Waals surface area contributed by atoms with E-state index in [4.69, 9.17) is 4.74 Å². The summed E-state index contributed by atoms with van der Waals surface area (Å²) in [5.41, 5.74) is 1.36. The SMILES string of the molecule is Cc1cc(Br)ccc1SCC(=O)OCC(=O)Nc1cccc(F)c1. The minimum Gasteiger partial charge on any atom is -0.455 e. The number of carbonyl (C=O) groups excluding carboxylic acids is 2. The van der Waals surface area contributed by atoms with Gasteiger partial charge in [0.1, 0.15) is 5.82 Å². The normalized spacial score (nSPS) is 10.3. The summed E-state index contributed by atoms with van der Waals surface area (Å²) < 4.78 is 18.9. The number of aryl methyl sites for hydroxylation is 1. The molecule has 0 aliphatic heterocycles. The highest BCUT2D eigenvalue weighted by atomic mass is 79.9. The van der Waals surface area contributed by atoms with Crippen LogP contribution in [-0.2, 0) is 14.3 Å². The van der Waals surface area contributed by atoms with Crippen LogP contribution in [0.5, 0.6) is 0 Å². The van der Waals surface area contributed by atoms with E-state index in [1.54, 1.807) is 6.07 Å². The number of benzene rings is 2. The quantitative estimate of drug-likeness (QED) is 0.572. The minimum atomic E-state index is -0.515. The monoisotopic (exact) mass is 411 g/mol. The maximum atomic E-state index is 13.0. The van der Waals surface area contributed by atoms with E-state index in [1.165, 1.54) is 30.0 Å². The summed E-state index contributed by atoms with van der Waals surface area (Å²) >= 11 is 4.72. The number of hydrogen-bond donors (Lipinski definition) is 1. The zero-order valence-corrected chi connectivity index (χ0v) is 15.2. The molecule has 126 valence electrons. The summed E-state index contributed by atoms with van der Waals surface area (Å²) in [6.45, 7) is 1.54. The van der Waals surface area contributed by atoms with Crippen molar-refractivity contribution in [3.8, 4) is 0 Å². The summed E-state index contributed by atoms with van der Waals surface area (Å²) in [4.78, 5) is 24.4. The van der Waals surface area contributed by atoms with E-state index < -0.39 is 24.3 Å². The molecule has 1 N–H and O–H groups in total. The van der Waals surface area contributed by atoms with Crippen LogP contribution >= 0.6 is 27.7 Å². The number of ether oxygens (including phenoxy) is 1. The Labute approximate surface area is 151 Å². The Morgan fingerprint density at radius 3 is 2.75 bits per heavy atom. The largest absolute Gasteiger partial charge is 0.455 e. The highest BCUT2D eigenvalue weighted by Crippen LogP contribution is 2.25. The maximum absolute atomic E-state index is 13.0. The number of hydrogen-bond acceptors (Lipinski definition) is 4. The molecular formula is C17H15BrFNO3S. The standard InChI is InChI=1S/C17H15BrFNO3S/c1-11-7-12(18)5-6-15(11)24-10-17(22)23-9-16(21)20-14-4-2-3-13(19)8-14/h2-8H,9-10H2,1H3,(H,20,21). The number of esters is 1. The molecule has 0 saturated heterocycles. The molecule has 2 aromatic rings. The predicted molar refractivity (Wildman–Crippen MR) is 95.6 cm³/mol. The second-order valence-electron chi connectivity index (χ2n) is 4.92. The summed E-state index contributed by atoms with van der Waals surface area (Å²) in [6, 6.07) is 11.3. The second kappa shape index (κ2) is 8.84. The molecule has 0 radical (unpaired) electrons. The molecule has 2 aromatic carbocycles. The van der Waals surface area contributed by atoms with Gasteiger partial charge in [0, 0.05) is 15.1 Å². The molecule has 0 bridgehead atoms. The van der Waals surface area contributed by atoms with Crippen molar-refractivity contribution in [2.75, 3.05) is 17.7 Å². The summed E-state index contributed by atoms with van der Waals surface area (Å²) in [5, 5.41) is 2.46. The van der Waals surface area contributed by atoms with Gasteiger partial charge >= 0.3 is 5.97 Å². The van der Waals surface area contributed by atoms with Gasteiger partial charge in [-0.3, -0.25) is 9.59 Å². The Morgan fingerprint density at radius 2 is 2.04 bits per heavy atom. The van der Waals surface area contributed by atoms with Crippen molar-refractivity contribution in [2.45, 2.75) is 11.8 Å². The van der Waals surface area contributed by atoms with E-state index in [1.807, 2.05) is 25.1 Å². The smallest absolute Gasteiger partial charge is 0.316 e. The van der Waals surface area contributed by atoms with Gasteiger partial charge in [0.05, 0.1) is 5.75 Å². The predicted octanol–water partition coefficient (Wildman–Crippen LogP) is 4.17. The molecule has 0 saturated carbocycles. The van der Waals surface area contributed by atoms with Gasteiger partial charge in [0.2, 0.25) is 0 Å². The van der Waals surface area contributed by atoms with Crippen molar-refractivity contribution >= 4 is 45.3 Å². The topological polar surface area (TPSA) is 55.4 Å². The van der Waals surface area contributed by atoms with Crippen LogP contribution in [-0.4, -0.2) is 24.2 Å². The first-order valence-electron chi connectivity index (χ1n) is 7.04. The van der Waals surface area contributed by atoms with Crippen LogP contribution in [0.3, 0.4) is 0 Å². The van der Waals surface area contributed by atoms with Gasteiger partial charge in [-0.1, -0.05) is 22.0 Å². The van der Waals surface area contributed by atoms with Gasteiger partial charge in [0.15, 0.2) is 6.61 Å². The van der Waals surface area contributed by atoms with E-state index >= 15 is 0 Å². The van der Waals surface area contributed by atoms with Crippen LogP contribution in [0.2, 0.25) is 0 Å². The molecule has 0 spiro atoms. The van der Waals surface area contributed by atoms with E-state index in [0.29, 0.717) is 5.69 Å². The number of thioether (sulfide) groups is 1. The van der Waals surface area contributed by atoms with Crippen molar-refractivity contribution in [3.05, 3.63) is 58.3 Å². The van der Waals surface area contributed by atoms with Gasteiger partial charge in [-0.15, -0.1) is 11.8 Å². The Morgan fingerprint density at radius 1 is 1.25 bits per heavy atom. The molecule has 0 aliphatic rings. The number of halogens is 2. The third-order valence-electron chi connectivity index (χ3n) is 2.96. The molecule has 0 heterocycles. The summed E-state index contributed by atoms with van der Waals surface area (Å²) in [5.74, 6) is -1.35. The highest BCUT2D eigenvalue weighted by Gasteiger charge is 2.10. The van der Waals surface area contributed by atoms with Gasteiger partial charge < -0.3 is 10.1 Å². The Balaban J connectivity index is 1.75. The average molecular weight is 412 g/mol. The molecule has 0 atom stereocenters. The number of amides is 1. The van der Waals surface area contributed by atoms with E-state index in [-0.39, 0.29) is 5.75 Å². The van der Waals surface area contributed by atoms with Crippen molar-refractivity contribution < 1.29 is 18.7 Å². The molecule has 0 aromatic heterocycles. The van der Waals surface area contributed by atoms with Crippen molar-refractivity contribution in [2.24, 2.45) is 0 Å².